The van der Waals surface area contributed by atoms with Crippen LogP contribution in [0, 0.1) is 0 Å². The second-order valence-corrected chi connectivity index (χ2v) is 5.52. The van der Waals surface area contributed by atoms with Crippen molar-refractivity contribution >= 4 is 23.4 Å². The molecule has 0 bridgehead atoms. The number of anilines is 1. The highest BCUT2D eigenvalue weighted by Gasteiger charge is 2.14. The van der Waals surface area contributed by atoms with Crippen molar-refractivity contribution in [2.45, 2.75) is 12.8 Å². The van der Waals surface area contributed by atoms with Crippen molar-refractivity contribution in [3.8, 4) is 0 Å². The van der Waals surface area contributed by atoms with Crippen molar-refractivity contribution in [1.29, 1.82) is 0 Å². The molecule has 1 aliphatic rings. The summed E-state index contributed by atoms with van der Waals surface area (Å²) >= 11 is 1.93. The number of benzene rings is 1. The average Bonchev–Trinajstić information content (AvgIpc) is 2.45. The summed E-state index contributed by atoms with van der Waals surface area (Å²) in [7, 11) is 1.34. The van der Waals surface area contributed by atoms with E-state index >= 15 is 0 Å². The molecule has 0 aromatic heterocycles. The zero-order chi connectivity index (χ0) is 14.8. The molecule has 0 radical (unpaired) electrons. The molecule has 1 aliphatic heterocycles. The van der Waals surface area contributed by atoms with Crippen LogP contribution in [0.3, 0.4) is 0 Å². The Labute approximate surface area is 125 Å². The molecule has 20 heavy (non-hydrogen) atoms. The summed E-state index contributed by atoms with van der Waals surface area (Å²) in [5, 5.41) is 7.79. The molecule has 5 heteroatoms. The predicted octanol–water partition coefficient (Wildman–Crippen LogP) is 2.52. The maximum atomic E-state index is 9.47. The van der Waals surface area contributed by atoms with Crippen LogP contribution < -0.4 is 4.90 Å². The predicted molar refractivity (Wildman–Crippen MR) is 84.9 cm³/mol. The van der Waals surface area contributed by atoms with Gasteiger partial charge in [-0.15, -0.1) is 0 Å². The van der Waals surface area contributed by atoms with Crippen molar-refractivity contribution in [3.05, 3.63) is 29.8 Å². The van der Waals surface area contributed by atoms with Gasteiger partial charge in [-0.25, -0.2) is 4.79 Å². The molecule has 112 valence electrons. The monoisotopic (exact) mass is 297 g/mol. The van der Waals surface area contributed by atoms with E-state index in [0.29, 0.717) is 0 Å². The fraction of sp³-hybridized carbons (Fsp3) is 0.533. The summed E-state index contributed by atoms with van der Waals surface area (Å²) in [6.45, 7) is 2.22. The fourth-order valence-electron chi connectivity index (χ4n) is 2.17. The maximum Gasteiger partial charge on any atom is 0.329 e. The van der Waals surface area contributed by atoms with Gasteiger partial charge in [0.15, 0.2) is 0 Å². The molecular formula is C15H23NO3S. The molecule has 1 N–H and O–H groups in total. The van der Waals surface area contributed by atoms with Gasteiger partial charge in [0.25, 0.3) is 0 Å². The Morgan fingerprint density at radius 1 is 1.45 bits per heavy atom. The van der Waals surface area contributed by atoms with E-state index in [2.05, 4.69) is 40.2 Å². The Kier molecular flexibility index (Phi) is 8.14. The first-order valence-electron chi connectivity index (χ1n) is 6.71. The van der Waals surface area contributed by atoms with Crippen molar-refractivity contribution in [2.75, 3.05) is 43.7 Å². The van der Waals surface area contributed by atoms with Crippen molar-refractivity contribution in [2.24, 2.45) is 0 Å². The van der Waals surface area contributed by atoms with Gasteiger partial charge in [-0.2, -0.15) is 11.8 Å². The number of ether oxygens (including phenoxy) is 1. The lowest BCUT2D eigenvalue weighted by Crippen LogP contribution is -2.31. The Hall–Kier alpha value is -1.20. The van der Waals surface area contributed by atoms with Gasteiger partial charge in [-0.1, -0.05) is 18.2 Å². The fourth-order valence-corrected chi connectivity index (χ4v) is 2.57. The smallest absolute Gasteiger partial charge is 0.329 e. The Morgan fingerprint density at radius 3 is 2.80 bits per heavy atom. The van der Waals surface area contributed by atoms with E-state index in [0.717, 1.165) is 0 Å². The number of thioether (sulfide) groups is 1. The highest BCUT2D eigenvalue weighted by Crippen LogP contribution is 2.26. The van der Waals surface area contributed by atoms with Crippen molar-refractivity contribution in [1.82, 2.24) is 0 Å². The molecule has 0 saturated carbocycles. The third kappa shape index (κ3) is 5.84. The Morgan fingerprint density at radius 2 is 2.20 bits per heavy atom. The molecule has 0 fully saturated rings. The molecule has 1 heterocycles. The van der Waals surface area contributed by atoms with Gasteiger partial charge in [-0.05, 0) is 30.7 Å². The number of carboxylic acids is 1. The van der Waals surface area contributed by atoms with Crippen LogP contribution in [0.5, 0.6) is 0 Å². The van der Waals surface area contributed by atoms with Crippen LogP contribution in [0.15, 0.2) is 24.3 Å². The number of carbonyl (C=O) groups is 1. The lowest BCUT2D eigenvalue weighted by Gasteiger charge is -2.31. The van der Waals surface area contributed by atoms with E-state index in [1.165, 1.54) is 50.0 Å². The van der Waals surface area contributed by atoms with Crippen LogP contribution >= 0.6 is 11.8 Å². The number of hydrogen-bond donors (Lipinski definition) is 1. The highest BCUT2D eigenvalue weighted by atomic mass is 32.2. The van der Waals surface area contributed by atoms with Gasteiger partial charge in [-0.3, -0.25) is 0 Å². The van der Waals surface area contributed by atoms with E-state index in [-0.39, 0.29) is 6.61 Å². The number of hydrogen-bond acceptors (Lipinski definition) is 4. The van der Waals surface area contributed by atoms with Gasteiger partial charge in [0.1, 0.15) is 6.61 Å². The van der Waals surface area contributed by atoms with E-state index in [4.69, 9.17) is 5.11 Å². The molecule has 0 atom stereocenters. The molecule has 4 nitrogen and oxygen atoms in total. The standard InChI is InChI=1S/C12H17NS.C3H6O3/c1-14-10-9-13-8-4-6-11-5-2-3-7-12(11)13;1-6-2-3(4)5/h2-3,5,7H,4,6,8-10H2,1H3;2H2,1H3,(H,4,5). The van der Waals surface area contributed by atoms with Crippen LogP contribution in [-0.2, 0) is 16.0 Å². The molecule has 1 aromatic rings. The van der Waals surface area contributed by atoms with Crippen LogP contribution in [0.1, 0.15) is 12.0 Å². The number of methoxy groups -OCH3 is 1. The molecular weight excluding hydrogens is 274 g/mol. The lowest BCUT2D eigenvalue weighted by atomic mass is 10.0. The zero-order valence-corrected chi connectivity index (χ0v) is 13.0. The number of fused-ring (bicyclic) bond motifs is 1. The molecule has 0 unspecified atom stereocenters. The minimum atomic E-state index is -0.933. The highest BCUT2D eigenvalue weighted by molar-refractivity contribution is 7.98. The summed E-state index contributed by atoms with van der Waals surface area (Å²) < 4.78 is 4.20. The van der Waals surface area contributed by atoms with E-state index in [9.17, 15) is 4.79 Å². The zero-order valence-electron chi connectivity index (χ0n) is 12.2. The van der Waals surface area contributed by atoms with Crippen LogP contribution in [-0.4, -0.2) is 49.9 Å². The third-order valence-corrected chi connectivity index (χ3v) is 3.63. The topological polar surface area (TPSA) is 49.8 Å². The average molecular weight is 297 g/mol. The van der Waals surface area contributed by atoms with Gasteiger partial charge >= 0.3 is 5.97 Å². The van der Waals surface area contributed by atoms with Crippen molar-refractivity contribution in [3.63, 3.8) is 0 Å². The number of aliphatic carboxylic acids is 1. The lowest BCUT2D eigenvalue weighted by molar-refractivity contribution is -0.141. The van der Waals surface area contributed by atoms with Gasteiger partial charge in [0.2, 0.25) is 0 Å². The number of aryl methyl sites for hydroxylation is 1. The number of nitrogens with zero attached hydrogens (tertiary/aromatic N) is 1. The summed E-state index contributed by atoms with van der Waals surface area (Å²) in [5.41, 5.74) is 2.99. The first-order valence-corrected chi connectivity index (χ1v) is 8.11. The van der Waals surface area contributed by atoms with E-state index < -0.39 is 5.97 Å². The molecule has 0 aliphatic carbocycles. The normalized spacial score (nSPS) is 13.2. The SMILES string of the molecule is COCC(=O)O.CSCCN1CCCc2ccccc21. The number of para-hydroxylation sites is 1. The van der Waals surface area contributed by atoms with Gasteiger partial charge < -0.3 is 14.7 Å². The summed E-state index contributed by atoms with van der Waals surface area (Å²) in [6.07, 6.45) is 4.74. The molecule has 1 aromatic carbocycles. The Bertz CT molecular complexity index is 412. The third-order valence-electron chi connectivity index (χ3n) is 3.04. The quantitative estimate of drug-likeness (QED) is 0.905. The molecule has 2 rings (SSSR count). The second-order valence-electron chi connectivity index (χ2n) is 4.54. The first-order chi connectivity index (χ1) is 9.69. The van der Waals surface area contributed by atoms with Crippen LogP contribution in [0.2, 0.25) is 0 Å². The van der Waals surface area contributed by atoms with E-state index in [1.54, 1.807) is 0 Å². The second kappa shape index (κ2) is 9.66. The summed E-state index contributed by atoms with van der Waals surface area (Å²) in [4.78, 5) is 12.0. The molecule has 0 amide bonds. The van der Waals surface area contributed by atoms with Crippen molar-refractivity contribution < 1.29 is 14.6 Å². The summed E-state index contributed by atoms with van der Waals surface area (Å²) in [6, 6.07) is 8.82. The van der Waals surface area contributed by atoms with Crippen LogP contribution in [0.4, 0.5) is 5.69 Å². The number of carboxylic acid groups (broad SMARTS) is 1. The van der Waals surface area contributed by atoms with E-state index in [1.807, 2.05) is 11.8 Å². The molecule has 0 saturated heterocycles. The van der Waals surface area contributed by atoms with Gasteiger partial charge in [0.05, 0.1) is 0 Å². The Balaban J connectivity index is 0.000000286. The number of rotatable bonds is 5. The minimum absolute atomic E-state index is 0.208. The largest absolute Gasteiger partial charge is 0.480 e. The van der Waals surface area contributed by atoms with Crippen LogP contribution in [0.25, 0.3) is 0 Å². The van der Waals surface area contributed by atoms with Gasteiger partial charge in [0, 0.05) is 31.6 Å². The maximum absolute atomic E-state index is 9.47. The first kappa shape index (κ1) is 16.9. The minimum Gasteiger partial charge on any atom is -0.480 e. The molecule has 0 spiro atoms. The summed E-state index contributed by atoms with van der Waals surface area (Å²) in [5.74, 6) is 0.298.